The largest absolute Gasteiger partial charge is 0.481 e. The number of hydrogen-bond donors (Lipinski definition) is 1. The van der Waals surface area contributed by atoms with Crippen LogP contribution in [-0.2, 0) is 18.4 Å². The van der Waals surface area contributed by atoms with Crippen LogP contribution in [0.15, 0.2) is 48.7 Å². The summed E-state index contributed by atoms with van der Waals surface area (Å²) in [7, 11) is 1.82. The number of carbonyl (C=O) groups excluding carboxylic acids is 1. The van der Waals surface area contributed by atoms with E-state index < -0.39 is 5.97 Å². The molecule has 0 aliphatic heterocycles. The first-order valence-corrected chi connectivity index (χ1v) is 7.24. The lowest BCUT2D eigenvalue weighted by Gasteiger charge is -2.23. The van der Waals surface area contributed by atoms with E-state index in [1.54, 1.807) is 15.5 Å². The van der Waals surface area contributed by atoms with Gasteiger partial charge >= 0.3 is 5.97 Å². The van der Waals surface area contributed by atoms with Gasteiger partial charge in [0.1, 0.15) is 5.69 Å². The maximum absolute atomic E-state index is 12.7. The topological polar surface area (TPSA) is 62.5 Å². The smallest absolute Gasteiger partial charge is 0.303 e. The highest BCUT2D eigenvalue weighted by molar-refractivity contribution is 5.92. The van der Waals surface area contributed by atoms with E-state index in [9.17, 15) is 9.59 Å². The van der Waals surface area contributed by atoms with Crippen molar-refractivity contribution < 1.29 is 14.7 Å². The summed E-state index contributed by atoms with van der Waals surface area (Å²) in [5.74, 6) is -0.923. The van der Waals surface area contributed by atoms with Crippen LogP contribution >= 0.6 is 0 Å². The lowest BCUT2D eigenvalue weighted by molar-refractivity contribution is -0.137. The molecule has 1 N–H and O–H groups in total. The van der Waals surface area contributed by atoms with Crippen molar-refractivity contribution in [1.29, 1.82) is 0 Å². The first kappa shape index (κ1) is 15.8. The molecule has 0 saturated heterocycles. The molecule has 0 aliphatic carbocycles. The van der Waals surface area contributed by atoms with Crippen molar-refractivity contribution in [3.63, 3.8) is 0 Å². The van der Waals surface area contributed by atoms with Gasteiger partial charge in [-0.15, -0.1) is 0 Å². The Hall–Kier alpha value is -2.56. The molecule has 2 aromatic rings. The van der Waals surface area contributed by atoms with Gasteiger partial charge in [-0.2, -0.15) is 0 Å². The zero-order valence-electron chi connectivity index (χ0n) is 12.6. The van der Waals surface area contributed by atoms with Gasteiger partial charge in [-0.05, 0) is 24.1 Å². The van der Waals surface area contributed by atoms with Crippen molar-refractivity contribution in [3.05, 3.63) is 59.9 Å². The van der Waals surface area contributed by atoms with E-state index in [2.05, 4.69) is 0 Å². The minimum atomic E-state index is -0.842. The number of hydrogen-bond acceptors (Lipinski definition) is 2. The molecular formula is C17H20N2O3. The first-order valence-electron chi connectivity index (χ1n) is 7.24. The summed E-state index contributed by atoms with van der Waals surface area (Å²) >= 11 is 0. The van der Waals surface area contributed by atoms with Crippen LogP contribution in [0.1, 0.15) is 28.9 Å². The van der Waals surface area contributed by atoms with Gasteiger partial charge in [0.2, 0.25) is 0 Å². The van der Waals surface area contributed by atoms with Gasteiger partial charge in [-0.25, -0.2) is 0 Å². The summed E-state index contributed by atoms with van der Waals surface area (Å²) in [6, 6.07) is 13.3. The molecule has 0 saturated carbocycles. The van der Waals surface area contributed by atoms with E-state index in [-0.39, 0.29) is 12.3 Å². The number of aliphatic carboxylic acids is 1. The summed E-state index contributed by atoms with van der Waals surface area (Å²) in [6.07, 6.45) is 2.33. The van der Waals surface area contributed by atoms with Gasteiger partial charge in [0.15, 0.2) is 0 Å². The summed E-state index contributed by atoms with van der Waals surface area (Å²) in [4.78, 5) is 25.1. The standard InChI is InChI=1S/C17H20N2O3/c1-18-11-5-9-15(18)17(22)19(12-6-10-16(20)21)13-14-7-3-2-4-8-14/h2-5,7-9,11H,6,10,12-13H2,1H3,(H,20,21). The Labute approximate surface area is 129 Å². The van der Waals surface area contributed by atoms with Crippen molar-refractivity contribution >= 4 is 11.9 Å². The number of aryl methyl sites for hydroxylation is 1. The number of carbonyl (C=O) groups is 2. The zero-order chi connectivity index (χ0) is 15.9. The molecule has 116 valence electrons. The fourth-order valence-corrected chi connectivity index (χ4v) is 2.32. The molecule has 0 bridgehead atoms. The number of rotatable bonds is 7. The maximum Gasteiger partial charge on any atom is 0.303 e. The highest BCUT2D eigenvalue weighted by Gasteiger charge is 2.18. The highest BCUT2D eigenvalue weighted by atomic mass is 16.4. The Bertz CT molecular complexity index is 634. The van der Waals surface area contributed by atoms with E-state index in [1.165, 1.54) is 0 Å². The van der Waals surface area contributed by atoms with Crippen LogP contribution in [-0.4, -0.2) is 33.0 Å². The molecule has 1 aromatic carbocycles. The van der Waals surface area contributed by atoms with Crippen molar-refractivity contribution in [2.24, 2.45) is 7.05 Å². The normalized spacial score (nSPS) is 10.4. The van der Waals surface area contributed by atoms with E-state index in [0.717, 1.165) is 5.56 Å². The van der Waals surface area contributed by atoms with Gasteiger partial charge in [0.25, 0.3) is 5.91 Å². The van der Waals surface area contributed by atoms with Crippen LogP contribution in [0.3, 0.4) is 0 Å². The van der Waals surface area contributed by atoms with Gasteiger partial charge in [-0.3, -0.25) is 9.59 Å². The van der Waals surface area contributed by atoms with E-state index in [4.69, 9.17) is 5.11 Å². The molecule has 0 unspecified atom stereocenters. The monoisotopic (exact) mass is 300 g/mol. The first-order chi connectivity index (χ1) is 10.6. The van der Waals surface area contributed by atoms with Crippen molar-refractivity contribution in [3.8, 4) is 0 Å². The van der Waals surface area contributed by atoms with Crippen LogP contribution in [0, 0.1) is 0 Å². The third-order valence-corrected chi connectivity index (χ3v) is 3.49. The highest BCUT2D eigenvalue weighted by Crippen LogP contribution is 2.11. The van der Waals surface area contributed by atoms with Gasteiger partial charge in [0.05, 0.1) is 0 Å². The Morgan fingerprint density at radius 3 is 2.45 bits per heavy atom. The second kappa shape index (κ2) is 7.45. The van der Waals surface area contributed by atoms with Crippen LogP contribution in [0.4, 0.5) is 0 Å². The minimum absolute atomic E-state index is 0.0612. The SMILES string of the molecule is Cn1cccc1C(=O)N(CCCC(=O)O)Cc1ccccc1. The number of amides is 1. The predicted molar refractivity (Wildman–Crippen MR) is 83.5 cm³/mol. The third kappa shape index (κ3) is 4.22. The zero-order valence-corrected chi connectivity index (χ0v) is 12.6. The summed E-state index contributed by atoms with van der Waals surface area (Å²) in [6.45, 7) is 0.898. The molecule has 22 heavy (non-hydrogen) atoms. The number of benzene rings is 1. The van der Waals surface area contributed by atoms with E-state index >= 15 is 0 Å². The molecular weight excluding hydrogens is 280 g/mol. The van der Waals surface area contributed by atoms with Crippen LogP contribution < -0.4 is 0 Å². The molecule has 0 radical (unpaired) electrons. The minimum Gasteiger partial charge on any atom is -0.481 e. The van der Waals surface area contributed by atoms with Gasteiger partial charge < -0.3 is 14.6 Å². The van der Waals surface area contributed by atoms with Crippen molar-refractivity contribution in [1.82, 2.24) is 9.47 Å². The van der Waals surface area contributed by atoms with Crippen LogP contribution in [0.5, 0.6) is 0 Å². The predicted octanol–water partition coefficient (Wildman–Crippen LogP) is 2.53. The molecule has 5 heteroatoms. The van der Waals surface area contributed by atoms with E-state index in [1.807, 2.05) is 49.6 Å². The molecule has 1 amide bonds. The molecule has 5 nitrogen and oxygen atoms in total. The number of carboxylic acids is 1. The molecule has 0 aliphatic rings. The van der Waals surface area contributed by atoms with Gasteiger partial charge in [-0.1, -0.05) is 30.3 Å². The second-order valence-electron chi connectivity index (χ2n) is 5.21. The number of nitrogens with zero attached hydrogens (tertiary/aromatic N) is 2. The molecule has 0 atom stereocenters. The van der Waals surface area contributed by atoms with Crippen molar-refractivity contribution in [2.45, 2.75) is 19.4 Å². The average Bonchev–Trinajstić information content (AvgIpc) is 2.92. The van der Waals surface area contributed by atoms with E-state index in [0.29, 0.717) is 25.2 Å². The van der Waals surface area contributed by atoms with Crippen LogP contribution in [0.25, 0.3) is 0 Å². The molecule has 0 spiro atoms. The Kier molecular flexibility index (Phi) is 5.36. The Balaban J connectivity index is 2.12. The molecule has 1 aromatic heterocycles. The summed E-state index contributed by atoms with van der Waals surface area (Å²) in [5, 5.41) is 8.78. The molecule has 1 heterocycles. The van der Waals surface area contributed by atoms with Crippen LogP contribution in [0.2, 0.25) is 0 Å². The number of carboxylic acid groups (broad SMARTS) is 1. The fourth-order valence-electron chi connectivity index (χ4n) is 2.32. The lowest BCUT2D eigenvalue weighted by Crippen LogP contribution is -2.33. The quantitative estimate of drug-likeness (QED) is 0.854. The Morgan fingerprint density at radius 1 is 1.14 bits per heavy atom. The number of aromatic nitrogens is 1. The summed E-state index contributed by atoms with van der Waals surface area (Å²) < 4.78 is 1.78. The lowest BCUT2D eigenvalue weighted by atomic mass is 10.2. The molecule has 2 rings (SSSR count). The van der Waals surface area contributed by atoms with Gasteiger partial charge in [0, 0.05) is 32.8 Å². The van der Waals surface area contributed by atoms with Crippen molar-refractivity contribution in [2.75, 3.05) is 6.54 Å². The average molecular weight is 300 g/mol. The summed E-state index contributed by atoms with van der Waals surface area (Å²) in [5.41, 5.74) is 1.63. The fraction of sp³-hybridized carbons (Fsp3) is 0.294. The Morgan fingerprint density at radius 2 is 1.86 bits per heavy atom. The molecule has 0 fully saturated rings. The second-order valence-corrected chi connectivity index (χ2v) is 5.21. The third-order valence-electron chi connectivity index (χ3n) is 3.49. The maximum atomic E-state index is 12.7.